The summed E-state index contributed by atoms with van der Waals surface area (Å²) in [6.45, 7) is 5.29. The van der Waals surface area contributed by atoms with E-state index in [1.165, 1.54) is 0 Å². The highest BCUT2D eigenvalue weighted by Crippen LogP contribution is 2.28. The molecule has 1 heterocycles. The number of hydrogen-bond donors (Lipinski definition) is 1. The molecule has 2 aromatic carbocycles. The molecule has 0 radical (unpaired) electrons. The highest BCUT2D eigenvalue weighted by Gasteiger charge is 2.25. The van der Waals surface area contributed by atoms with Crippen LogP contribution in [0.4, 0.5) is 0 Å². The van der Waals surface area contributed by atoms with E-state index in [9.17, 15) is 13.2 Å². The molecule has 6 nitrogen and oxygen atoms in total. The van der Waals surface area contributed by atoms with E-state index in [1.807, 2.05) is 36.4 Å². The molecule has 1 fully saturated rings. The van der Waals surface area contributed by atoms with Crippen LogP contribution in [-0.4, -0.2) is 67.8 Å². The van der Waals surface area contributed by atoms with E-state index in [0.29, 0.717) is 60.6 Å². The van der Waals surface area contributed by atoms with Gasteiger partial charge in [-0.3, -0.25) is 9.69 Å². The number of amides is 1. The summed E-state index contributed by atoms with van der Waals surface area (Å²) in [5.41, 5.74) is 2.58. The van der Waals surface area contributed by atoms with Crippen molar-refractivity contribution < 1.29 is 13.2 Å². The van der Waals surface area contributed by atoms with E-state index in [0.717, 1.165) is 16.9 Å². The van der Waals surface area contributed by atoms with Crippen LogP contribution in [0.5, 0.6) is 0 Å². The molecular weight excluding hydrogens is 501 g/mol. The highest BCUT2D eigenvalue weighted by molar-refractivity contribution is 7.98. The summed E-state index contributed by atoms with van der Waals surface area (Å²) in [5, 5.41) is 4.27. The number of nitrogens with one attached hydrogen (secondary N) is 1. The fourth-order valence-corrected chi connectivity index (χ4v) is 6.28. The SMILES string of the molecule is CCS(=O)(=O)N1CCN(Cc2cccc(C(=O)NCCSCc3c(Cl)cccc3Cl)c2)CC1. The van der Waals surface area contributed by atoms with E-state index >= 15 is 0 Å². The van der Waals surface area contributed by atoms with Crippen molar-refractivity contribution in [1.82, 2.24) is 14.5 Å². The van der Waals surface area contributed by atoms with Crippen molar-refractivity contribution in [2.45, 2.75) is 19.2 Å². The predicted octanol–water partition coefficient (Wildman–Crippen LogP) is 4.12. The first-order valence-corrected chi connectivity index (χ1v) is 14.4. The van der Waals surface area contributed by atoms with Crippen LogP contribution in [0, 0.1) is 0 Å². The van der Waals surface area contributed by atoms with E-state index in [4.69, 9.17) is 23.2 Å². The molecular formula is C23H29Cl2N3O3S2. The number of nitrogens with zero attached hydrogens (tertiary/aromatic N) is 2. The number of hydrogen-bond acceptors (Lipinski definition) is 5. The lowest BCUT2D eigenvalue weighted by Gasteiger charge is -2.33. The standard InChI is InChI=1S/C23H29Cl2N3O3S2/c1-2-33(30,31)28-12-10-27(11-13-28)16-18-5-3-6-19(15-18)23(29)26-9-14-32-17-20-21(24)7-4-8-22(20)25/h3-8,15H,2,9-14,16-17H2,1H3,(H,26,29). The minimum absolute atomic E-state index is 0.105. The average molecular weight is 531 g/mol. The molecule has 0 aliphatic carbocycles. The Bertz CT molecular complexity index is 1040. The van der Waals surface area contributed by atoms with E-state index in [1.54, 1.807) is 29.1 Å². The lowest BCUT2D eigenvalue weighted by molar-refractivity contribution is 0.0956. The fourth-order valence-electron chi connectivity index (χ4n) is 3.60. The van der Waals surface area contributed by atoms with Gasteiger partial charge >= 0.3 is 0 Å². The van der Waals surface area contributed by atoms with Gasteiger partial charge in [-0.2, -0.15) is 16.1 Å². The van der Waals surface area contributed by atoms with E-state index < -0.39 is 10.0 Å². The second kappa shape index (κ2) is 12.4. The maximum absolute atomic E-state index is 12.6. The van der Waals surface area contributed by atoms with E-state index in [2.05, 4.69) is 10.2 Å². The van der Waals surface area contributed by atoms with Crippen molar-refractivity contribution in [3.8, 4) is 0 Å². The Balaban J connectivity index is 1.43. The van der Waals surface area contributed by atoms with E-state index in [-0.39, 0.29) is 11.7 Å². The zero-order valence-electron chi connectivity index (χ0n) is 18.6. The number of benzene rings is 2. The van der Waals surface area contributed by atoms with Gasteiger partial charge in [0, 0.05) is 66.4 Å². The Kier molecular flexibility index (Phi) is 9.91. The van der Waals surface area contributed by atoms with Gasteiger partial charge in [0.1, 0.15) is 0 Å². The summed E-state index contributed by atoms with van der Waals surface area (Å²) in [4.78, 5) is 14.8. The Labute approximate surface area is 210 Å². The molecule has 0 aromatic heterocycles. The highest BCUT2D eigenvalue weighted by atomic mass is 35.5. The van der Waals surface area contributed by atoms with Gasteiger partial charge in [0.25, 0.3) is 5.91 Å². The molecule has 1 saturated heterocycles. The monoisotopic (exact) mass is 529 g/mol. The first-order chi connectivity index (χ1) is 15.8. The van der Waals surface area contributed by atoms with Gasteiger partial charge in [0.15, 0.2) is 0 Å². The molecule has 1 aliphatic heterocycles. The minimum Gasteiger partial charge on any atom is -0.351 e. The van der Waals surface area contributed by atoms with Crippen molar-refractivity contribution >= 4 is 50.9 Å². The van der Waals surface area contributed by atoms with Gasteiger partial charge in [-0.15, -0.1) is 0 Å². The van der Waals surface area contributed by atoms with Crippen LogP contribution in [0.15, 0.2) is 42.5 Å². The molecule has 0 spiro atoms. The normalized spacial score (nSPS) is 15.5. The summed E-state index contributed by atoms with van der Waals surface area (Å²) in [5.74, 6) is 1.47. The number of thioether (sulfide) groups is 1. The molecule has 33 heavy (non-hydrogen) atoms. The van der Waals surface area contributed by atoms with Gasteiger partial charge < -0.3 is 5.32 Å². The number of halogens is 2. The maximum Gasteiger partial charge on any atom is 0.251 e. The maximum atomic E-state index is 12.6. The van der Waals surface area contributed by atoms with Crippen molar-refractivity contribution in [3.63, 3.8) is 0 Å². The van der Waals surface area contributed by atoms with Gasteiger partial charge in [0.05, 0.1) is 5.75 Å². The third-order valence-electron chi connectivity index (χ3n) is 5.52. The van der Waals surface area contributed by atoms with Crippen LogP contribution in [0.1, 0.15) is 28.4 Å². The van der Waals surface area contributed by atoms with Crippen LogP contribution in [0.25, 0.3) is 0 Å². The largest absolute Gasteiger partial charge is 0.351 e. The third-order valence-corrected chi connectivity index (χ3v) is 9.10. The molecule has 2 aromatic rings. The quantitative estimate of drug-likeness (QED) is 0.468. The van der Waals surface area contributed by atoms with Crippen LogP contribution in [0.3, 0.4) is 0 Å². The fraction of sp³-hybridized carbons (Fsp3) is 0.435. The Morgan fingerprint density at radius 2 is 1.73 bits per heavy atom. The molecule has 1 aliphatic rings. The predicted molar refractivity (Wildman–Crippen MR) is 138 cm³/mol. The Morgan fingerprint density at radius 1 is 1.06 bits per heavy atom. The molecule has 3 rings (SSSR count). The number of sulfonamides is 1. The Morgan fingerprint density at radius 3 is 2.39 bits per heavy atom. The van der Waals surface area contributed by atoms with Crippen molar-refractivity contribution in [2.75, 3.05) is 44.2 Å². The lowest BCUT2D eigenvalue weighted by Crippen LogP contribution is -2.48. The zero-order chi connectivity index (χ0) is 23.8. The Hall–Kier alpha value is -1.29. The van der Waals surface area contributed by atoms with Crippen molar-refractivity contribution in [3.05, 3.63) is 69.2 Å². The third kappa shape index (κ3) is 7.60. The van der Waals surface area contributed by atoms with Gasteiger partial charge in [-0.1, -0.05) is 41.4 Å². The molecule has 0 saturated carbocycles. The number of carbonyl (C=O) groups excluding carboxylic acids is 1. The van der Waals surface area contributed by atoms with Crippen molar-refractivity contribution in [1.29, 1.82) is 0 Å². The molecule has 10 heteroatoms. The summed E-state index contributed by atoms with van der Waals surface area (Å²) < 4.78 is 25.6. The number of carbonyl (C=O) groups is 1. The van der Waals surface area contributed by atoms with Crippen molar-refractivity contribution in [2.24, 2.45) is 0 Å². The summed E-state index contributed by atoms with van der Waals surface area (Å²) in [6, 6.07) is 13.1. The molecule has 0 atom stereocenters. The van der Waals surface area contributed by atoms with Gasteiger partial charge in [0.2, 0.25) is 10.0 Å². The summed E-state index contributed by atoms with van der Waals surface area (Å²) in [6.07, 6.45) is 0. The van der Waals surface area contributed by atoms with Crippen LogP contribution in [0.2, 0.25) is 10.0 Å². The van der Waals surface area contributed by atoms with Crippen LogP contribution < -0.4 is 5.32 Å². The zero-order valence-corrected chi connectivity index (χ0v) is 21.7. The molecule has 1 amide bonds. The average Bonchev–Trinajstić information content (AvgIpc) is 2.81. The second-order valence-electron chi connectivity index (χ2n) is 7.78. The number of piperazine rings is 1. The smallest absolute Gasteiger partial charge is 0.251 e. The number of rotatable bonds is 10. The second-order valence-corrected chi connectivity index (χ2v) is 12.0. The lowest BCUT2D eigenvalue weighted by atomic mass is 10.1. The van der Waals surface area contributed by atoms with Crippen LogP contribution in [-0.2, 0) is 22.3 Å². The summed E-state index contributed by atoms with van der Waals surface area (Å²) >= 11 is 14.0. The van der Waals surface area contributed by atoms with Gasteiger partial charge in [-0.05, 0) is 42.3 Å². The first-order valence-electron chi connectivity index (χ1n) is 10.9. The molecule has 1 N–H and O–H groups in total. The summed E-state index contributed by atoms with van der Waals surface area (Å²) in [7, 11) is -3.13. The van der Waals surface area contributed by atoms with Gasteiger partial charge in [-0.25, -0.2) is 8.42 Å². The topological polar surface area (TPSA) is 69.7 Å². The van der Waals surface area contributed by atoms with Crippen LogP contribution >= 0.6 is 35.0 Å². The minimum atomic E-state index is -3.13. The first kappa shape index (κ1) is 26.3. The molecule has 0 bridgehead atoms. The molecule has 180 valence electrons. The molecule has 0 unspecified atom stereocenters.